The summed E-state index contributed by atoms with van der Waals surface area (Å²) in [5.74, 6) is -0.301. The molecule has 0 saturated carbocycles. The van der Waals surface area contributed by atoms with E-state index in [4.69, 9.17) is 9.47 Å². The van der Waals surface area contributed by atoms with Crippen LogP contribution in [0.2, 0.25) is 0 Å². The number of ether oxygens (including phenoxy) is 2. The highest BCUT2D eigenvalue weighted by molar-refractivity contribution is 5.73. The smallest absolute Gasteiger partial charge is 0.135 e. The van der Waals surface area contributed by atoms with Gasteiger partial charge in [0.05, 0.1) is 11.8 Å². The van der Waals surface area contributed by atoms with Crippen LogP contribution in [0.4, 0.5) is 0 Å². The Bertz CT molecular complexity index is 2270. The Morgan fingerprint density at radius 3 is 1.49 bits per heavy atom. The van der Waals surface area contributed by atoms with E-state index in [1.165, 1.54) is 24.3 Å². The Labute approximate surface area is 292 Å². The van der Waals surface area contributed by atoms with Crippen LogP contribution in [0.15, 0.2) is 115 Å². The number of phenols is 7. The van der Waals surface area contributed by atoms with E-state index >= 15 is 0 Å². The molecule has 0 bridgehead atoms. The molecule has 8 rings (SSSR count). The molecule has 2 aliphatic rings. The minimum Gasteiger partial charge on any atom is -0.508 e. The Morgan fingerprint density at radius 1 is 0.373 bits per heavy atom. The van der Waals surface area contributed by atoms with Crippen molar-refractivity contribution in [3.8, 4) is 51.7 Å². The highest BCUT2D eigenvalue weighted by Gasteiger charge is 2.45. The van der Waals surface area contributed by atoms with Crippen LogP contribution in [-0.4, -0.2) is 35.7 Å². The molecule has 2 heterocycles. The van der Waals surface area contributed by atoms with Gasteiger partial charge in [0.2, 0.25) is 0 Å². The molecule has 0 spiro atoms. The van der Waals surface area contributed by atoms with Crippen LogP contribution < -0.4 is 9.47 Å². The molecule has 0 fully saturated rings. The van der Waals surface area contributed by atoms with Crippen molar-refractivity contribution in [1.82, 2.24) is 0 Å². The quantitative estimate of drug-likeness (QED) is 0.0858. The molecule has 0 saturated heterocycles. The van der Waals surface area contributed by atoms with E-state index in [1.54, 1.807) is 78.9 Å². The van der Waals surface area contributed by atoms with Crippen molar-refractivity contribution in [2.24, 2.45) is 0 Å². The van der Waals surface area contributed by atoms with Gasteiger partial charge < -0.3 is 45.2 Å². The number of benzene rings is 6. The average molecular weight is 681 g/mol. The number of hydrogen-bond acceptors (Lipinski definition) is 9. The van der Waals surface area contributed by atoms with E-state index < -0.39 is 24.0 Å². The van der Waals surface area contributed by atoms with Crippen molar-refractivity contribution in [2.75, 3.05) is 0 Å². The number of hydrogen-bond donors (Lipinski definition) is 7. The minimum absolute atomic E-state index is 0.0368. The summed E-state index contributed by atoms with van der Waals surface area (Å²) in [6.45, 7) is 0. The van der Waals surface area contributed by atoms with Gasteiger partial charge in [-0.15, -0.1) is 0 Å². The number of aromatic hydroxyl groups is 7. The summed E-state index contributed by atoms with van der Waals surface area (Å²) in [5, 5.41) is 72.5. The number of phenolic OH excluding ortho intramolecular Hbond substituents is 7. The summed E-state index contributed by atoms with van der Waals surface area (Å²) in [4.78, 5) is 0. The predicted molar refractivity (Wildman–Crippen MR) is 190 cm³/mol. The van der Waals surface area contributed by atoms with Crippen molar-refractivity contribution < 1.29 is 45.2 Å². The summed E-state index contributed by atoms with van der Waals surface area (Å²) >= 11 is 0. The van der Waals surface area contributed by atoms with Gasteiger partial charge in [0.1, 0.15) is 64.0 Å². The first-order valence-electron chi connectivity index (χ1n) is 16.3. The Morgan fingerprint density at radius 2 is 0.882 bits per heavy atom. The third-order valence-corrected chi connectivity index (χ3v) is 9.41. The van der Waals surface area contributed by atoms with Gasteiger partial charge in [-0.05, 0) is 100 Å². The van der Waals surface area contributed by atoms with Crippen LogP contribution in [0.1, 0.15) is 68.6 Å². The second-order valence-corrected chi connectivity index (χ2v) is 12.9. The summed E-state index contributed by atoms with van der Waals surface area (Å²) in [7, 11) is 0. The second kappa shape index (κ2) is 12.3. The Balaban J connectivity index is 1.32. The number of rotatable bonds is 6. The lowest BCUT2D eigenvalue weighted by molar-refractivity contribution is 0.220. The second-order valence-electron chi connectivity index (χ2n) is 12.9. The molecule has 9 nitrogen and oxygen atoms in total. The molecule has 9 heteroatoms. The summed E-state index contributed by atoms with van der Waals surface area (Å²) in [5.41, 5.74) is 5.70. The SMILES string of the molecule is Oc1ccc([C@@H]2Oc3ccc(/C=C\c4cc(O)cc(O)c4)cc3[C@H]2c2cc(O)cc3c2[C@@H](c2cc(O)cc(O)c2)[C@H](c2ccc(O)cc2)O3)cc1. The lowest BCUT2D eigenvalue weighted by Gasteiger charge is -2.26. The third kappa shape index (κ3) is 5.95. The highest BCUT2D eigenvalue weighted by atomic mass is 16.5. The molecular weight excluding hydrogens is 648 g/mol. The zero-order valence-corrected chi connectivity index (χ0v) is 26.9. The van der Waals surface area contributed by atoms with Crippen molar-refractivity contribution in [1.29, 1.82) is 0 Å². The van der Waals surface area contributed by atoms with Crippen LogP contribution in [-0.2, 0) is 0 Å². The fourth-order valence-electron chi connectivity index (χ4n) is 7.29. The standard InChI is InChI=1S/C42H32O9/c43-27-8-4-24(5-9-27)41-38(26-16-31(47)19-32(48)17-26)40-35(20-33(49)21-37(40)51-41)39-34-15-22(1-2-23-13-29(45)18-30(46)14-23)3-12-36(34)50-42(39)25-6-10-28(44)11-7-25/h1-21,38-39,41-49H/b2-1-/t38-,39+,41+,42+/m1/s1. The molecule has 6 aromatic rings. The predicted octanol–water partition coefficient (Wildman–Crippen LogP) is 8.33. The van der Waals surface area contributed by atoms with Crippen LogP contribution in [0.3, 0.4) is 0 Å². The van der Waals surface area contributed by atoms with Crippen molar-refractivity contribution in [2.45, 2.75) is 24.0 Å². The van der Waals surface area contributed by atoms with Gasteiger partial charge in [-0.25, -0.2) is 0 Å². The average Bonchev–Trinajstić information content (AvgIpc) is 3.66. The molecule has 0 aromatic heterocycles. The summed E-state index contributed by atoms with van der Waals surface area (Å²) in [6.07, 6.45) is 2.37. The monoisotopic (exact) mass is 680 g/mol. The summed E-state index contributed by atoms with van der Waals surface area (Å²) in [6, 6.07) is 31.1. The molecule has 6 aromatic carbocycles. The van der Waals surface area contributed by atoms with Gasteiger partial charge in [0, 0.05) is 29.3 Å². The zero-order chi connectivity index (χ0) is 35.4. The molecule has 2 aliphatic heterocycles. The number of fused-ring (bicyclic) bond motifs is 2. The van der Waals surface area contributed by atoms with E-state index in [2.05, 4.69) is 0 Å². The molecular formula is C42H32O9. The highest BCUT2D eigenvalue weighted by Crippen LogP contribution is 2.59. The third-order valence-electron chi connectivity index (χ3n) is 9.41. The van der Waals surface area contributed by atoms with Crippen LogP contribution in [0, 0.1) is 0 Å². The maximum absolute atomic E-state index is 11.2. The minimum atomic E-state index is -0.663. The van der Waals surface area contributed by atoms with Gasteiger partial charge >= 0.3 is 0 Å². The molecule has 0 amide bonds. The van der Waals surface area contributed by atoms with Crippen LogP contribution >= 0.6 is 0 Å². The molecule has 0 aliphatic carbocycles. The first kappa shape index (κ1) is 31.5. The van der Waals surface area contributed by atoms with Crippen molar-refractivity contribution >= 4 is 12.2 Å². The Kier molecular flexibility index (Phi) is 7.60. The van der Waals surface area contributed by atoms with Crippen LogP contribution in [0.25, 0.3) is 12.2 Å². The van der Waals surface area contributed by atoms with Crippen LogP contribution in [0.5, 0.6) is 51.7 Å². The van der Waals surface area contributed by atoms with E-state index in [0.717, 1.165) is 27.8 Å². The van der Waals surface area contributed by atoms with Gasteiger partial charge in [0.25, 0.3) is 0 Å². The molecule has 4 atom stereocenters. The largest absolute Gasteiger partial charge is 0.508 e. The lowest BCUT2D eigenvalue weighted by Crippen LogP contribution is -2.16. The maximum Gasteiger partial charge on any atom is 0.135 e. The van der Waals surface area contributed by atoms with Crippen molar-refractivity contribution in [3.63, 3.8) is 0 Å². The van der Waals surface area contributed by atoms with Gasteiger partial charge in [0.15, 0.2) is 0 Å². The molecule has 0 radical (unpaired) electrons. The topological polar surface area (TPSA) is 160 Å². The van der Waals surface area contributed by atoms with Gasteiger partial charge in [-0.2, -0.15) is 0 Å². The van der Waals surface area contributed by atoms with E-state index in [9.17, 15) is 35.7 Å². The molecule has 0 unspecified atom stereocenters. The summed E-state index contributed by atoms with van der Waals surface area (Å²) < 4.78 is 13.3. The van der Waals surface area contributed by atoms with Gasteiger partial charge in [-0.3, -0.25) is 0 Å². The molecule has 7 N–H and O–H groups in total. The Hall–Kier alpha value is -6.74. The lowest BCUT2D eigenvalue weighted by atomic mass is 9.76. The van der Waals surface area contributed by atoms with E-state index in [-0.39, 0.29) is 40.2 Å². The fraction of sp³-hybridized carbons (Fsp3) is 0.0952. The first-order valence-corrected chi connectivity index (χ1v) is 16.3. The maximum atomic E-state index is 11.2. The van der Waals surface area contributed by atoms with Gasteiger partial charge in [-0.1, -0.05) is 42.5 Å². The molecule has 51 heavy (non-hydrogen) atoms. The fourth-order valence-corrected chi connectivity index (χ4v) is 7.29. The normalized spacial score (nSPS) is 19.0. The molecule has 254 valence electrons. The van der Waals surface area contributed by atoms with E-state index in [1.807, 2.05) is 24.3 Å². The zero-order valence-electron chi connectivity index (χ0n) is 26.9. The van der Waals surface area contributed by atoms with Crippen molar-refractivity contribution in [3.05, 3.63) is 160 Å². The van der Waals surface area contributed by atoms with E-state index in [0.29, 0.717) is 28.2 Å². The first-order chi connectivity index (χ1) is 24.6.